The van der Waals surface area contributed by atoms with Crippen LogP contribution in [0.15, 0.2) is 48.5 Å². The lowest BCUT2D eigenvalue weighted by molar-refractivity contribution is -0.384. The molecule has 2 saturated heterocycles. The largest absolute Gasteiger partial charge is 0.363 e. The van der Waals surface area contributed by atoms with Gasteiger partial charge in [-0.15, -0.1) is 0 Å². The van der Waals surface area contributed by atoms with Gasteiger partial charge in [-0.3, -0.25) is 29.4 Å². The van der Waals surface area contributed by atoms with Crippen molar-refractivity contribution in [1.82, 2.24) is 15.1 Å². The van der Waals surface area contributed by atoms with Crippen LogP contribution in [0.2, 0.25) is 0 Å². The van der Waals surface area contributed by atoms with Crippen LogP contribution in [0.5, 0.6) is 0 Å². The van der Waals surface area contributed by atoms with E-state index >= 15 is 0 Å². The number of thiocarbonyl (C=S) groups is 1. The van der Waals surface area contributed by atoms with Crippen molar-refractivity contribution in [2.75, 3.05) is 31.6 Å². The molecule has 174 valence electrons. The average molecular weight is 480 g/mol. The maximum Gasteiger partial charge on any atom is 0.269 e. The van der Waals surface area contributed by atoms with Crippen molar-refractivity contribution in [3.05, 3.63) is 69.8 Å². The monoisotopic (exact) mass is 479 g/mol. The number of hydrogen-bond donors (Lipinski definition) is 1. The summed E-state index contributed by atoms with van der Waals surface area (Å²) in [4.78, 5) is 56.0. The molecule has 3 aliphatic heterocycles. The summed E-state index contributed by atoms with van der Waals surface area (Å²) >= 11 is 5.15. The lowest BCUT2D eigenvalue weighted by Crippen LogP contribution is -2.74. The summed E-state index contributed by atoms with van der Waals surface area (Å²) in [5, 5.41) is 14.0. The van der Waals surface area contributed by atoms with E-state index in [-0.39, 0.29) is 29.7 Å². The van der Waals surface area contributed by atoms with Crippen LogP contribution >= 0.6 is 12.2 Å². The minimum atomic E-state index is -1.59. The molecule has 2 fully saturated rings. The molecule has 10 nitrogen and oxygen atoms in total. The number of anilines is 1. The van der Waals surface area contributed by atoms with E-state index in [1.54, 1.807) is 35.2 Å². The molecule has 2 atom stereocenters. The molecule has 2 aromatic carbocycles. The molecule has 0 aliphatic carbocycles. The third-order valence-electron chi connectivity index (χ3n) is 6.93. The van der Waals surface area contributed by atoms with Gasteiger partial charge < -0.3 is 15.1 Å². The molecule has 3 amide bonds. The maximum absolute atomic E-state index is 13.7. The highest BCUT2D eigenvalue weighted by Gasteiger charge is 2.62. The van der Waals surface area contributed by atoms with Gasteiger partial charge >= 0.3 is 0 Å². The number of non-ortho nitro benzene ring substituents is 1. The minimum absolute atomic E-state index is 0.00467. The zero-order valence-electron chi connectivity index (χ0n) is 18.3. The number of carbonyl (C=O) groups excluding carboxylic acids is 3. The van der Waals surface area contributed by atoms with Crippen LogP contribution < -0.4 is 10.2 Å². The number of nitrogens with zero attached hydrogens (tertiary/aromatic N) is 4. The highest BCUT2D eigenvalue weighted by molar-refractivity contribution is 7.80. The van der Waals surface area contributed by atoms with Gasteiger partial charge in [0.05, 0.1) is 11.0 Å². The van der Waals surface area contributed by atoms with Gasteiger partial charge in [0.1, 0.15) is 0 Å². The second-order valence-electron chi connectivity index (χ2n) is 8.67. The Morgan fingerprint density at radius 3 is 2.62 bits per heavy atom. The van der Waals surface area contributed by atoms with Crippen molar-refractivity contribution in [3.63, 3.8) is 0 Å². The van der Waals surface area contributed by atoms with E-state index in [0.717, 1.165) is 5.69 Å². The van der Waals surface area contributed by atoms with E-state index in [1.165, 1.54) is 24.1 Å². The van der Waals surface area contributed by atoms with E-state index in [4.69, 9.17) is 12.2 Å². The zero-order chi connectivity index (χ0) is 24.2. The van der Waals surface area contributed by atoms with Crippen LogP contribution in [0.1, 0.15) is 15.9 Å². The first kappa shape index (κ1) is 22.0. The molecule has 0 bridgehead atoms. The molecular formula is C23H21N5O5S. The zero-order valence-corrected chi connectivity index (χ0v) is 19.1. The molecule has 1 spiro atoms. The van der Waals surface area contributed by atoms with Crippen molar-refractivity contribution in [2.45, 2.75) is 12.5 Å². The lowest BCUT2D eigenvalue weighted by atomic mass is 9.67. The fraction of sp³-hybridized carbons (Fsp3) is 0.304. The molecule has 0 aromatic heterocycles. The number of benzene rings is 2. The summed E-state index contributed by atoms with van der Waals surface area (Å²) in [5.41, 5.74) is 0.0873. The molecular weight excluding hydrogens is 458 g/mol. The van der Waals surface area contributed by atoms with E-state index < -0.39 is 28.2 Å². The number of piperazine rings is 1. The Hall–Kier alpha value is -3.86. The molecule has 1 N–H and O–H groups in total. The number of nitro benzene ring substituents is 1. The van der Waals surface area contributed by atoms with Crippen LogP contribution in [0.3, 0.4) is 0 Å². The summed E-state index contributed by atoms with van der Waals surface area (Å²) in [7, 11) is 1.49. The second kappa shape index (κ2) is 7.87. The topological polar surface area (TPSA) is 116 Å². The number of carbonyl (C=O) groups is 3. The van der Waals surface area contributed by atoms with Crippen molar-refractivity contribution < 1.29 is 19.3 Å². The van der Waals surface area contributed by atoms with Crippen molar-refractivity contribution >= 4 is 46.4 Å². The molecule has 5 rings (SSSR count). The number of nitrogens with one attached hydrogen (secondary N) is 1. The van der Waals surface area contributed by atoms with E-state index in [2.05, 4.69) is 5.32 Å². The fourth-order valence-electron chi connectivity index (χ4n) is 5.20. The van der Waals surface area contributed by atoms with Crippen LogP contribution in [-0.2, 0) is 16.0 Å². The fourth-order valence-corrected chi connectivity index (χ4v) is 5.37. The van der Waals surface area contributed by atoms with E-state index in [9.17, 15) is 24.5 Å². The molecule has 2 aromatic rings. The first-order valence-corrected chi connectivity index (χ1v) is 11.2. The SMILES string of the molecule is CN1C(=O)[C@@]2(Cc3cc([N+](=O)[O-])ccc3N3CCN(C(=O)c4ccccc4)C[C@@H]32)C(=O)NC1=S. The average Bonchev–Trinajstić information content (AvgIpc) is 2.85. The predicted octanol–water partition coefficient (Wildman–Crippen LogP) is 1.34. The molecule has 0 unspecified atom stereocenters. The van der Waals surface area contributed by atoms with Crippen molar-refractivity contribution in [2.24, 2.45) is 5.41 Å². The molecule has 3 heterocycles. The standard InChI is InChI=1S/C23H21N5O5S/c1-25-21(31)23(20(30)24-22(25)34)12-15-11-16(28(32)33)7-8-17(15)27-10-9-26(13-18(23)27)19(29)14-5-3-2-4-6-14/h2-8,11,18H,9-10,12-13H2,1H3,(H,24,30,34)/t18-,23-/m1/s1. The van der Waals surface area contributed by atoms with Gasteiger partial charge in [0, 0.05) is 56.5 Å². The van der Waals surface area contributed by atoms with Crippen molar-refractivity contribution in [3.8, 4) is 0 Å². The number of fused-ring (bicyclic) bond motifs is 4. The summed E-state index contributed by atoms with van der Waals surface area (Å²) < 4.78 is 0. The number of nitro groups is 1. The predicted molar refractivity (Wildman–Crippen MR) is 126 cm³/mol. The number of rotatable bonds is 2. The molecule has 0 saturated carbocycles. The van der Waals surface area contributed by atoms with Crippen LogP contribution in [-0.4, -0.2) is 70.3 Å². The van der Waals surface area contributed by atoms with Crippen molar-refractivity contribution in [1.29, 1.82) is 0 Å². The summed E-state index contributed by atoms with van der Waals surface area (Å²) in [6.45, 7) is 0.884. The van der Waals surface area contributed by atoms with Gasteiger partial charge in [0.15, 0.2) is 10.5 Å². The lowest BCUT2D eigenvalue weighted by Gasteiger charge is -2.55. The number of amides is 3. The second-order valence-corrected chi connectivity index (χ2v) is 9.05. The molecule has 0 radical (unpaired) electrons. The Morgan fingerprint density at radius 2 is 1.91 bits per heavy atom. The Kier molecular flexibility index (Phi) is 5.08. The van der Waals surface area contributed by atoms with Gasteiger partial charge in [0.25, 0.3) is 11.6 Å². The summed E-state index contributed by atoms with van der Waals surface area (Å²) in [5.74, 6) is -1.22. The minimum Gasteiger partial charge on any atom is -0.363 e. The van der Waals surface area contributed by atoms with E-state index in [0.29, 0.717) is 24.2 Å². The highest BCUT2D eigenvalue weighted by Crippen LogP contribution is 2.46. The highest BCUT2D eigenvalue weighted by atomic mass is 32.1. The van der Waals surface area contributed by atoms with Crippen LogP contribution in [0.25, 0.3) is 0 Å². The Bertz CT molecular complexity index is 1250. The van der Waals surface area contributed by atoms with Crippen LogP contribution in [0, 0.1) is 15.5 Å². The van der Waals surface area contributed by atoms with Gasteiger partial charge in [-0.2, -0.15) is 0 Å². The maximum atomic E-state index is 13.7. The van der Waals surface area contributed by atoms with Gasteiger partial charge in [-0.25, -0.2) is 0 Å². The van der Waals surface area contributed by atoms with Gasteiger partial charge in [-0.05, 0) is 36.0 Å². The Labute approximate surface area is 200 Å². The first-order valence-electron chi connectivity index (χ1n) is 10.8. The third-order valence-corrected chi connectivity index (χ3v) is 7.30. The molecule has 11 heteroatoms. The van der Waals surface area contributed by atoms with Crippen LogP contribution in [0.4, 0.5) is 11.4 Å². The van der Waals surface area contributed by atoms with Gasteiger partial charge in [-0.1, -0.05) is 18.2 Å². The summed E-state index contributed by atoms with van der Waals surface area (Å²) in [6.07, 6.45) is -0.0316. The molecule has 3 aliphatic rings. The Morgan fingerprint density at radius 1 is 1.18 bits per heavy atom. The number of hydrogen-bond acceptors (Lipinski definition) is 7. The third kappa shape index (κ3) is 3.15. The van der Waals surface area contributed by atoms with E-state index in [1.807, 2.05) is 11.0 Å². The molecule has 34 heavy (non-hydrogen) atoms. The normalized spacial score (nSPS) is 24.0. The first-order chi connectivity index (χ1) is 16.2. The Balaban J connectivity index is 1.61. The smallest absolute Gasteiger partial charge is 0.269 e. The summed E-state index contributed by atoms with van der Waals surface area (Å²) in [6, 6.07) is 12.7. The quantitative estimate of drug-likeness (QED) is 0.299. The van der Waals surface area contributed by atoms with Gasteiger partial charge in [0.2, 0.25) is 11.8 Å².